The third-order valence-corrected chi connectivity index (χ3v) is 3.91. The topological polar surface area (TPSA) is 44.8 Å². The number of hydrogen-bond acceptors (Lipinski definition) is 5. The third kappa shape index (κ3) is 4.44. The molecule has 0 amide bonds. The molecule has 1 fully saturated rings. The quantitative estimate of drug-likeness (QED) is 0.740. The lowest BCUT2D eigenvalue weighted by Crippen LogP contribution is -2.59. The molecule has 1 aliphatic heterocycles. The Morgan fingerprint density at radius 2 is 2.16 bits per heavy atom. The van der Waals surface area contributed by atoms with Gasteiger partial charge in [-0.1, -0.05) is 6.92 Å². The molecule has 0 aromatic heterocycles. The zero-order chi connectivity index (χ0) is 14.5. The highest BCUT2D eigenvalue weighted by atomic mass is 16.5. The van der Waals surface area contributed by atoms with Gasteiger partial charge in [-0.25, -0.2) is 0 Å². The summed E-state index contributed by atoms with van der Waals surface area (Å²) < 4.78 is 4.96. The molecule has 1 aliphatic rings. The molecule has 1 rings (SSSR count). The number of rotatable bonds is 5. The predicted octanol–water partition coefficient (Wildman–Crippen LogP) is 0.554. The van der Waals surface area contributed by atoms with E-state index in [-0.39, 0.29) is 5.97 Å². The number of nitrogens with zero attached hydrogens (tertiary/aromatic N) is 2. The van der Waals surface area contributed by atoms with Crippen LogP contribution in [0.3, 0.4) is 0 Å². The maximum absolute atomic E-state index is 12.0. The van der Waals surface area contributed by atoms with Gasteiger partial charge in [0, 0.05) is 19.1 Å². The maximum atomic E-state index is 12.0. The molecule has 1 heterocycles. The van der Waals surface area contributed by atoms with Crippen LogP contribution in [0.15, 0.2) is 0 Å². The number of carbonyl (C=O) groups is 1. The van der Waals surface area contributed by atoms with E-state index in [0.717, 1.165) is 32.6 Å². The number of hydrogen-bond donors (Lipinski definition) is 1. The fraction of sp³-hybridized carbons (Fsp3) is 0.929. The molecule has 2 atom stereocenters. The fourth-order valence-corrected chi connectivity index (χ4v) is 2.87. The summed E-state index contributed by atoms with van der Waals surface area (Å²) in [5, 5.41) is 3.28. The highest BCUT2D eigenvalue weighted by Crippen LogP contribution is 2.15. The van der Waals surface area contributed by atoms with Crippen LogP contribution in [0.1, 0.15) is 27.2 Å². The molecule has 0 bridgehead atoms. The Balaban J connectivity index is 2.74. The van der Waals surface area contributed by atoms with E-state index in [1.54, 1.807) is 0 Å². The van der Waals surface area contributed by atoms with Crippen molar-refractivity contribution in [2.45, 2.75) is 38.8 Å². The summed E-state index contributed by atoms with van der Waals surface area (Å²) in [6.45, 7) is 10.8. The Hall–Kier alpha value is -0.650. The normalized spacial score (nSPS) is 25.6. The molecule has 0 aliphatic carbocycles. The van der Waals surface area contributed by atoms with Gasteiger partial charge in [0.15, 0.2) is 0 Å². The molecule has 1 N–H and O–H groups in total. The summed E-state index contributed by atoms with van der Waals surface area (Å²) in [7, 11) is 3.61. The van der Waals surface area contributed by atoms with Crippen molar-refractivity contribution >= 4 is 5.97 Å². The van der Waals surface area contributed by atoms with Gasteiger partial charge in [-0.15, -0.1) is 0 Å². The van der Waals surface area contributed by atoms with Crippen LogP contribution in [-0.4, -0.2) is 74.2 Å². The van der Waals surface area contributed by atoms with E-state index < -0.39 is 5.54 Å². The second-order valence-electron chi connectivity index (χ2n) is 5.79. The number of carbonyl (C=O) groups excluding carboxylic acids is 1. The fourth-order valence-electron chi connectivity index (χ4n) is 2.87. The molecule has 19 heavy (non-hydrogen) atoms. The molecule has 0 aromatic carbocycles. The van der Waals surface area contributed by atoms with Gasteiger partial charge < -0.3 is 15.0 Å². The number of methoxy groups -OCH3 is 1. The van der Waals surface area contributed by atoms with E-state index in [4.69, 9.17) is 4.74 Å². The van der Waals surface area contributed by atoms with Gasteiger partial charge in [0.05, 0.1) is 7.11 Å². The lowest BCUT2D eigenvalue weighted by molar-refractivity contribution is -0.149. The minimum Gasteiger partial charge on any atom is -0.468 e. The smallest absolute Gasteiger partial charge is 0.327 e. The van der Waals surface area contributed by atoms with Gasteiger partial charge in [-0.2, -0.15) is 0 Å². The molecular weight excluding hydrogens is 242 g/mol. The van der Waals surface area contributed by atoms with E-state index in [1.807, 2.05) is 13.8 Å². The standard InChI is InChI=1S/C14H29N3O2/c1-6-15-14(3,13(18)19-5)11-17-9-7-8-16(4)10-12(17)2/h12,15H,6-11H2,1-5H3. The Bertz CT molecular complexity index is 298. The highest BCUT2D eigenvalue weighted by molar-refractivity contribution is 5.80. The van der Waals surface area contributed by atoms with Crippen molar-refractivity contribution < 1.29 is 9.53 Å². The van der Waals surface area contributed by atoms with Crippen LogP contribution in [0.4, 0.5) is 0 Å². The van der Waals surface area contributed by atoms with E-state index in [2.05, 4.69) is 29.1 Å². The first-order chi connectivity index (χ1) is 8.92. The predicted molar refractivity (Wildman–Crippen MR) is 77.2 cm³/mol. The lowest BCUT2D eigenvalue weighted by atomic mass is 10.0. The van der Waals surface area contributed by atoms with E-state index in [9.17, 15) is 4.79 Å². The number of ether oxygens (including phenoxy) is 1. The molecule has 5 heteroatoms. The van der Waals surface area contributed by atoms with Gasteiger partial charge in [-0.05, 0) is 47.0 Å². The van der Waals surface area contributed by atoms with Crippen LogP contribution in [0.5, 0.6) is 0 Å². The van der Waals surface area contributed by atoms with Crippen LogP contribution in [0.2, 0.25) is 0 Å². The minimum atomic E-state index is -0.624. The highest BCUT2D eigenvalue weighted by Gasteiger charge is 2.37. The van der Waals surface area contributed by atoms with Crippen molar-refractivity contribution in [1.29, 1.82) is 0 Å². The van der Waals surface area contributed by atoms with Gasteiger partial charge in [-0.3, -0.25) is 9.69 Å². The Kier molecular flexibility index (Phi) is 6.23. The summed E-state index contributed by atoms with van der Waals surface area (Å²) in [5.74, 6) is -0.181. The van der Waals surface area contributed by atoms with Crippen molar-refractivity contribution in [1.82, 2.24) is 15.1 Å². The number of esters is 1. The number of nitrogens with one attached hydrogen (secondary N) is 1. The SMILES string of the molecule is CCNC(C)(CN1CCCN(C)CC1C)C(=O)OC. The van der Waals surface area contributed by atoms with Gasteiger partial charge in [0.2, 0.25) is 0 Å². The van der Waals surface area contributed by atoms with E-state index >= 15 is 0 Å². The molecular formula is C14H29N3O2. The lowest BCUT2D eigenvalue weighted by Gasteiger charge is -2.36. The summed E-state index contributed by atoms with van der Waals surface area (Å²) in [5.41, 5.74) is -0.624. The summed E-state index contributed by atoms with van der Waals surface area (Å²) >= 11 is 0. The number of likely N-dealkylation sites (N-methyl/N-ethyl adjacent to an activating group) is 2. The first-order valence-corrected chi connectivity index (χ1v) is 7.19. The second-order valence-corrected chi connectivity index (χ2v) is 5.79. The van der Waals surface area contributed by atoms with Crippen LogP contribution in [0, 0.1) is 0 Å². The molecule has 5 nitrogen and oxygen atoms in total. The third-order valence-electron chi connectivity index (χ3n) is 3.91. The zero-order valence-corrected chi connectivity index (χ0v) is 13.0. The average Bonchev–Trinajstić information content (AvgIpc) is 2.50. The zero-order valence-electron chi connectivity index (χ0n) is 13.0. The van der Waals surface area contributed by atoms with Crippen molar-refractivity contribution in [3.63, 3.8) is 0 Å². The maximum Gasteiger partial charge on any atom is 0.327 e. The molecule has 0 saturated carbocycles. The van der Waals surface area contributed by atoms with Crippen LogP contribution in [-0.2, 0) is 9.53 Å². The van der Waals surface area contributed by atoms with E-state index in [0.29, 0.717) is 12.6 Å². The molecule has 112 valence electrons. The van der Waals surface area contributed by atoms with Crippen molar-refractivity contribution in [2.75, 3.05) is 46.9 Å². The van der Waals surface area contributed by atoms with Gasteiger partial charge in [0.1, 0.15) is 5.54 Å². The van der Waals surface area contributed by atoms with Crippen LogP contribution < -0.4 is 5.32 Å². The van der Waals surface area contributed by atoms with E-state index in [1.165, 1.54) is 7.11 Å². The Labute approximate surface area is 117 Å². The van der Waals surface area contributed by atoms with Crippen LogP contribution in [0.25, 0.3) is 0 Å². The monoisotopic (exact) mass is 271 g/mol. The van der Waals surface area contributed by atoms with Gasteiger partial charge >= 0.3 is 5.97 Å². The largest absolute Gasteiger partial charge is 0.468 e. The summed E-state index contributed by atoms with van der Waals surface area (Å²) in [6.07, 6.45) is 1.14. The molecule has 2 unspecified atom stereocenters. The first-order valence-electron chi connectivity index (χ1n) is 7.19. The Morgan fingerprint density at radius 3 is 2.74 bits per heavy atom. The van der Waals surface area contributed by atoms with Gasteiger partial charge in [0.25, 0.3) is 0 Å². The van der Waals surface area contributed by atoms with Crippen molar-refractivity contribution in [3.05, 3.63) is 0 Å². The second kappa shape index (κ2) is 7.22. The molecule has 0 spiro atoms. The average molecular weight is 271 g/mol. The minimum absolute atomic E-state index is 0.181. The molecule has 0 radical (unpaired) electrons. The first kappa shape index (κ1) is 16.4. The van der Waals surface area contributed by atoms with Crippen LogP contribution >= 0.6 is 0 Å². The summed E-state index contributed by atoms with van der Waals surface area (Å²) in [4.78, 5) is 16.8. The van der Waals surface area contributed by atoms with Crippen molar-refractivity contribution in [2.24, 2.45) is 0 Å². The van der Waals surface area contributed by atoms with Crippen molar-refractivity contribution in [3.8, 4) is 0 Å². The molecule has 0 aromatic rings. The summed E-state index contributed by atoms with van der Waals surface area (Å²) in [6, 6.07) is 0.454. The Morgan fingerprint density at radius 1 is 1.47 bits per heavy atom. The molecule has 1 saturated heterocycles.